The molecule has 1 aromatic heterocycles. The highest BCUT2D eigenvalue weighted by atomic mass is 31.1. The summed E-state index contributed by atoms with van der Waals surface area (Å²) in [7, 11) is -0.974. The van der Waals surface area contributed by atoms with Crippen LogP contribution in [0.4, 0.5) is 0 Å². The van der Waals surface area contributed by atoms with Crippen LogP contribution in [0.25, 0.3) is 21.8 Å². The van der Waals surface area contributed by atoms with E-state index in [4.69, 9.17) is 4.52 Å². The van der Waals surface area contributed by atoms with Gasteiger partial charge in [-0.15, -0.1) is 0 Å². The maximum absolute atomic E-state index is 6.94. The van der Waals surface area contributed by atoms with E-state index < -0.39 is 8.15 Å². The van der Waals surface area contributed by atoms with Crippen molar-refractivity contribution in [3.8, 4) is 5.75 Å². The first-order valence-corrected chi connectivity index (χ1v) is 13.2. The number of aryl methyl sites for hydroxylation is 1. The van der Waals surface area contributed by atoms with Crippen LogP contribution in [0.3, 0.4) is 0 Å². The molecule has 0 aliphatic rings. The van der Waals surface area contributed by atoms with Crippen molar-refractivity contribution in [1.29, 1.82) is 0 Å². The number of para-hydroxylation sites is 2. The predicted molar refractivity (Wildman–Crippen MR) is 143 cm³/mol. The highest BCUT2D eigenvalue weighted by Crippen LogP contribution is 2.42. The Hall–Kier alpha value is -3.09. The van der Waals surface area contributed by atoms with E-state index in [-0.39, 0.29) is 0 Å². The van der Waals surface area contributed by atoms with E-state index in [1.807, 2.05) is 0 Å². The van der Waals surface area contributed by atoms with E-state index in [1.54, 1.807) is 0 Å². The third-order valence-electron chi connectivity index (χ3n) is 6.16. The molecule has 0 fully saturated rings. The van der Waals surface area contributed by atoms with Crippen molar-refractivity contribution in [3.63, 3.8) is 0 Å². The molecule has 5 rings (SSSR count). The molecule has 33 heavy (non-hydrogen) atoms. The first-order chi connectivity index (χ1) is 16.4. The van der Waals surface area contributed by atoms with Crippen LogP contribution in [-0.2, 0) is 6.54 Å². The Morgan fingerprint density at radius 1 is 0.636 bits per heavy atom. The molecule has 0 saturated heterocycles. The summed E-state index contributed by atoms with van der Waals surface area (Å²) in [5.74, 6) is 0.970. The molecule has 3 heteroatoms. The summed E-state index contributed by atoms with van der Waals surface area (Å²) in [5, 5.41) is 5.02. The zero-order chi connectivity index (χ0) is 22.5. The monoisotopic (exact) mass is 451 g/mol. The minimum absolute atomic E-state index is 0.970. The van der Waals surface area contributed by atoms with Gasteiger partial charge in [-0.2, -0.15) is 0 Å². The van der Waals surface area contributed by atoms with Crippen molar-refractivity contribution in [2.24, 2.45) is 0 Å². The first-order valence-electron chi connectivity index (χ1n) is 11.9. The molecule has 0 unspecified atom stereocenters. The van der Waals surface area contributed by atoms with Gasteiger partial charge < -0.3 is 9.09 Å². The number of unbranched alkanes of at least 4 members (excludes halogenated alkanes) is 3. The second-order valence-electron chi connectivity index (χ2n) is 8.44. The third kappa shape index (κ3) is 4.54. The lowest BCUT2D eigenvalue weighted by Gasteiger charge is -2.21. The smallest absolute Gasteiger partial charge is 0.150 e. The van der Waals surface area contributed by atoms with Crippen LogP contribution in [0.5, 0.6) is 5.75 Å². The van der Waals surface area contributed by atoms with Crippen LogP contribution < -0.4 is 15.1 Å². The summed E-state index contributed by atoms with van der Waals surface area (Å²) < 4.78 is 9.43. The molecule has 0 spiro atoms. The molecule has 0 amide bonds. The van der Waals surface area contributed by atoms with Crippen molar-refractivity contribution in [1.82, 2.24) is 4.57 Å². The Morgan fingerprint density at radius 3 is 1.97 bits per heavy atom. The number of rotatable bonds is 9. The van der Waals surface area contributed by atoms with Gasteiger partial charge >= 0.3 is 0 Å². The fourth-order valence-electron chi connectivity index (χ4n) is 4.56. The second-order valence-corrected chi connectivity index (χ2v) is 10.2. The quantitative estimate of drug-likeness (QED) is 0.165. The predicted octanol–water partition coefficient (Wildman–Crippen LogP) is 7.80. The molecule has 0 aliphatic heterocycles. The summed E-state index contributed by atoms with van der Waals surface area (Å²) in [5.41, 5.74) is 2.51. The Labute approximate surface area is 197 Å². The number of hydrogen-bond acceptors (Lipinski definition) is 1. The molecule has 0 saturated carbocycles. The fraction of sp³-hybridized carbons (Fsp3) is 0.200. The third-order valence-corrected chi connectivity index (χ3v) is 8.07. The lowest BCUT2D eigenvalue weighted by atomic mass is 10.1. The van der Waals surface area contributed by atoms with E-state index in [0.717, 1.165) is 12.3 Å². The van der Waals surface area contributed by atoms with Crippen LogP contribution >= 0.6 is 8.15 Å². The standard InChI is InChI=1S/C30H30NOP/c1-2-3-4-13-23-31-28-21-12-11-19-26(28)27-20-14-22-29(30(27)31)32-33(24-15-7-5-8-16-24)25-17-9-6-10-18-25/h5-12,14-22H,2-4,13,23H2,1H3. The number of benzene rings is 4. The maximum Gasteiger partial charge on any atom is 0.150 e. The van der Waals surface area contributed by atoms with E-state index in [2.05, 4.69) is 115 Å². The van der Waals surface area contributed by atoms with Gasteiger partial charge in [0.1, 0.15) is 5.75 Å². The molecular formula is C30H30NOP. The number of hydrogen-bond donors (Lipinski definition) is 0. The van der Waals surface area contributed by atoms with Crippen LogP contribution in [0, 0.1) is 0 Å². The average Bonchev–Trinajstić information content (AvgIpc) is 3.21. The molecule has 4 aromatic carbocycles. The number of fused-ring (bicyclic) bond motifs is 3. The van der Waals surface area contributed by atoms with E-state index in [9.17, 15) is 0 Å². The van der Waals surface area contributed by atoms with Gasteiger partial charge in [-0.25, -0.2) is 0 Å². The van der Waals surface area contributed by atoms with Gasteiger partial charge in [0.05, 0.1) is 5.52 Å². The van der Waals surface area contributed by atoms with Gasteiger partial charge in [0.2, 0.25) is 0 Å². The Bertz CT molecular complexity index is 1290. The van der Waals surface area contributed by atoms with Crippen LogP contribution in [-0.4, -0.2) is 4.57 Å². The van der Waals surface area contributed by atoms with E-state index >= 15 is 0 Å². The van der Waals surface area contributed by atoms with E-state index in [1.165, 1.54) is 58.1 Å². The molecular weight excluding hydrogens is 421 g/mol. The van der Waals surface area contributed by atoms with Crippen molar-refractivity contribution in [2.45, 2.75) is 39.2 Å². The van der Waals surface area contributed by atoms with Gasteiger partial charge in [-0.05, 0) is 18.6 Å². The summed E-state index contributed by atoms with van der Waals surface area (Å²) in [6.07, 6.45) is 4.98. The molecule has 0 radical (unpaired) electrons. The second kappa shape index (κ2) is 10.2. The highest BCUT2D eigenvalue weighted by molar-refractivity contribution is 7.68. The number of aromatic nitrogens is 1. The van der Waals surface area contributed by atoms with E-state index in [0.29, 0.717) is 0 Å². The van der Waals surface area contributed by atoms with Crippen LogP contribution in [0.1, 0.15) is 32.6 Å². The zero-order valence-electron chi connectivity index (χ0n) is 19.2. The normalized spacial score (nSPS) is 11.5. The minimum atomic E-state index is -0.974. The molecule has 0 atom stereocenters. The summed E-state index contributed by atoms with van der Waals surface area (Å²) in [6, 6.07) is 36.5. The van der Waals surface area contributed by atoms with Crippen molar-refractivity contribution < 1.29 is 4.52 Å². The van der Waals surface area contributed by atoms with Gasteiger partial charge in [-0.3, -0.25) is 0 Å². The summed E-state index contributed by atoms with van der Waals surface area (Å²) >= 11 is 0. The molecule has 0 N–H and O–H groups in total. The zero-order valence-corrected chi connectivity index (χ0v) is 20.0. The van der Waals surface area contributed by atoms with Gasteiger partial charge in [0.25, 0.3) is 0 Å². The van der Waals surface area contributed by atoms with Crippen LogP contribution in [0.15, 0.2) is 103 Å². The minimum Gasteiger partial charge on any atom is -0.462 e. The molecule has 2 nitrogen and oxygen atoms in total. The van der Waals surface area contributed by atoms with Crippen molar-refractivity contribution >= 4 is 40.6 Å². The van der Waals surface area contributed by atoms with Gasteiger partial charge in [0.15, 0.2) is 8.15 Å². The fourth-order valence-corrected chi connectivity index (χ4v) is 6.30. The molecule has 166 valence electrons. The largest absolute Gasteiger partial charge is 0.462 e. The SMILES string of the molecule is CCCCCCn1c2ccccc2c2cccc(OP(c3ccccc3)c3ccccc3)c21. The Balaban J connectivity index is 1.62. The van der Waals surface area contributed by atoms with Crippen LogP contribution in [0.2, 0.25) is 0 Å². The van der Waals surface area contributed by atoms with Crippen molar-refractivity contribution in [2.75, 3.05) is 0 Å². The summed E-state index contributed by atoms with van der Waals surface area (Å²) in [4.78, 5) is 0. The lowest BCUT2D eigenvalue weighted by molar-refractivity contribution is 0.591. The lowest BCUT2D eigenvalue weighted by Crippen LogP contribution is -2.15. The molecule has 1 heterocycles. The Morgan fingerprint density at radius 2 is 1.27 bits per heavy atom. The summed E-state index contributed by atoms with van der Waals surface area (Å²) in [6.45, 7) is 3.28. The van der Waals surface area contributed by atoms with Gasteiger partial charge in [0, 0.05) is 33.4 Å². The number of nitrogens with zero attached hydrogens (tertiary/aromatic N) is 1. The molecule has 0 bridgehead atoms. The van der Waals surface area contributed by atoms with Crippen molar-refractivity contribution in [3.05, 3.63) is 103 Å². The average molecular weight is 452 g/mol. The topological polar surface area (TPSA) is 14.2 Å². The highest BCUT2D eigenvalue weighted by Gasteiger charge is 2.20. The molecule has 5 aromatic rings. The Kier molecular flexibility index (Phi) is 6.74. The maximum atomic E-state index is 6.94. The van der Waals surface area contributed by atoms with Gasteiger partial charge in [-0.1, -0.05) is 117 Å². The first kappa shape index (κ1) is 21.7. The molecule has 0 aliphatic carbocycles.